The number of ether oxygens (including phenoxy) is 2. The van der Waals surface area contributed by atoms with Gasteiger partial charge in [0.25, 0.3) is 0 Å². The molecule has 1 saturated carbocycles. The molecule has 0 aromatic heterocycles. The lowest BCUT2D eigenvalue weighted by Gasteiger charge is -2.45. The van der Waals surface area contributed by atoms with Crippen LogP contribution in [-0.4, -0.2) is 73.5 Å². The zero-order valence-electron chi connectivity index (χ0n) is 25.8. The highest BCUT2D eigenvalue weighted by atomic mass is 35.5. The minimum atomic E-state index is -2.18. The topological polar surface area (TPSA) is 99.5 Å². The predicted molar refractivity (Wildman–Crippen MR) is 169 cm³/mol. The normalized spacial score (nSPS) is 32.9. The largest absolute Gasteiger partial charge is 0.490 e. The van der Waals surface area contributed by atoms with Crippen LogP contribution in [0.3, 0.4) is 0 Å². The first-order chi connectivity index (χ1) is 21.0. The standard InChI is InChI=1S/C35H43ClN2O6/c1-22-6-12-30(39)27-10-7-24(27)19-38-20-34(14-4-5-23-15-26(36)9-11-28(23)34)21-44-31-13-8-25(16-29(31)38)35(42,33(41)43-3)17-32(40)37(2)18-22/h6,8-9,11-13,15-16,22,24,27,30,39,42H,4-5,7,10,14,17-21H2,1-3H3/b12-6-/t22-,24-,27+,30-,34-,35-/m0/s1. The fraction of sp³-hybridized carbons (Fsp3) is 0.543. The van der Waals surface area contributed by atoms with E-state index in [1.165, 1.54) is 23.1 Å². The molecule has 2 aliphatic heterocycles. The molecule has 1 amide bonds. The van der Waals surface area contributed by atoms with Gasteiger partial charge >= 0.3 is 5.97 Å². The molecule has 2 bridgehead atoms. The van der Waals surface area contributed by atoms with E-state index in [2.05, 4.69) is 17.0 Å². The summed E-state index contributed by atoms with van der Waals surface area (Å²) in [5.41, 5.74) is 1.07. The highest BCUT2D eigenvalue weighted by Crippen LogP contribution is 2.47. The Labute approximate surface area is 264 Å². The van der Waals surface area contributed by atoms with E-state index >= 15 is 0 Å². The molecule has 0 radical (unpaired) electrons. The van der Waals surface area contributed by atoms with Crippen molar-refractivity contribution in [3.63, 3.8) is 0 Å². The molecule has 2 aromatic rings. The van der Waals surface area contributed by atoms with Crippen LogP contribution in [0.4, 0.5) is 5.69 Å². The number of amides is 1. The summed E-state index contributed by atoms with van der Waals surface area (Å²) in [6.07, 6.45) is 7.66. The molecule has 2 heterocycles. The lowest BCUT2D eigenvalue weighted by atomic mass is 9.68. The number of carbonyl (C=O) groups is 2. The van der Waals surface area contributed by atoms with Gasteiger partial charge in [0.2, 0.25) is 5.91 Å². The zero-order chi connectivity index (χ0) is 31.2. The van der Waals surface area contributed by atoms with Gasteiger partial charge in [-0.05, 0) is 90.8 Å². The third kappa shape index (κ3) is 5.61. The number of anilines is 1. The van der Waals surface area contributed by atoms with Crippen LogP contribution in [0.5, 0.6) is 5.75 Å². The number of aryl methyl sites for hydroxylation is 1. The highest BCUT2D eigenvalue weighted by Gasteiger charge is 2.46. The number of aliphatic hydroxyl groups excluding tert-OH is 1. The Balaban J connectivity index is 1.47. The van der Waals surface area contributed by atoms with Crippen molar-refractivity contribution in [3.8, 4) is 5.75 Å². The zero-order valence-corrected chi connectivity index (χ0v) is 26.6. The minimum Gasteiger partial charge on any atom is -0.490 e. The van der Waals surface area contributed by atoms with Crippen LogP contribution < -0.4 is 9.64 Å². The van der Waals surface area contributed by atoms with E-state index in [1.54, 1.807) is 25.2 Å². The van der Waals surface area contributed by atoms with E-state index in [9.17, 15) is 19.8 Å². The van der Waals surface area contributed by atoms with Crippen molar-refractivity contribution in [2.24, 2.45) is 17.8 Å². The average molecular weight is 623 g/mol. The molecule has 1 fully saturated rings. The number of rotatable bonds is 1. The Morgan fingerprint density at radius 1 is 1.14 bits per heavy atom. The Morgan fingerprint density at radius 3 is 2.70 bits per heavy atom. The lowest BCUT2D eigenvalue weighted by molar-refractivity contribution is -0.168. The molecule has 4 aliphatic rings. The molecule has 6 rings (SSSR count). The monoisotopic (exact) mass is 622 g/mol. The van der Waals surface area contributed by atoms with Gasteiger partial charge in [-0.3, -0.25) is 4.79 Å². The van der Waals surface area contributed by atoms with Crippen LogP contribution >= 0.6 is 11.6 Å². The number of nitrogens with zero attached hydrogens (tertiary/aromatic N) is 2. The molecule has 8 nitrogen and oxygen atoms in total. The summed E-state index contributed by atoms with van der Waals surface area (Å²) in [7, 11) is 2.88. The second-order valence-corrected chi connectivity index (χ2v) is 13.9. The summed E-state index contributed by atoms with van der Waals surface area (Å²) in [4.78, 5) is 30.4. The van der Waals surface area contributed by atoms with Gasteiger partial charge in [-0.2, -0.15) is 0 Å². The third-order valence-electron chi connectivity index (χ3n) is 10.4. The van der Waals surface area contributed by atoms with E-state index in [0.717, 1.165) is 42.8 Å². The molecule has 2 aliphatic carbocycles. The van der Waals surface area contributed by atoms with E-state index in [4.69, 9.17) is 21.1 Å². The maximum absolute atomic E-state index is 13.4. The van der Waals surface area contributed by atoms with Crippen molar-refractivity contribution in [1.29, 1.82) is 0 Å². The van der Waals surface area contributed by atoms with Gasteiger partial charge in [0.05, 0.1) is 31.9 Å². The molecule has 0 unspecified atom stereocenters. The first-order valence-corrected chi connectivity index (χ1v) is 16.1. The number of carbonyl (C=O) groups excluding carboxylic acids is 2. The number of aliphatic hydroxyl groups is 2. The van der Waals surface area contributed by atoms with E-state index < -0.39 is 24.1 Å². The molecule has 9 heteroatoms. The summed E-state index contributed by atoms with van der Waals surface area (Å²) in [5, 5.41) is 23.8. The maximum atomic E-state index is 13.4. The quantitative estimate of drug-likeness (QED) is 0.354. The molecule has 2 aromatic carbocycles. The molecule has 6 atom stereocenters. The molecule has 2 N–H and O–H groups in total. The van der Waals surface area contributed by atoms with Crippen molar-refractivity contribution < 1.29 is 29.3 Å². The summed E-state index contributed by atoms with van der Waals surface area (Å²) < 4.78 is 11.7. The molecule has 0 saturated heterocycles. The van der Waals surface area contributed by atoms with Crippen LogP contribution in [0.15, 0.2) is 48.6 Å². The Hall–Kier alpha value is -3.07. The summed E-state index contributed by atoms with van der Waals surface area (Å²) in [6.45, 7) is 4.20. The number of fused-ring (bicyclic) bond motifs is 4. The Morgan fingerprint density at radius 2 is 1.95 bits per heavy atom. The predicted octanol–water partition coefficient (Wildman–Crippen LogP) is 4.62. The Kier molecular flexibility index (Phi) is 8.46. The molecular formula is C35H43ClN2O6. The van der Waals surface area contributed by atoms with Gasteiger partial charge in [-0.15, -0.1) is 0 Å². The van der Waals surface area contributed by atoms with Gasteiger partial charge in [-0.1, -0.05) is 42.8 Å². The smallest absolute Gasteiger partial charge is 0.343 e. The van der Waals surface area contributed by atoms with Crippen molar-refractivity contribution >= 4 is 29.2 Å². The van der Waals surface area contributed by atoms with E-state index in [1.807, 2.05) is 25.1 Å². The van der Waals surface area contributed by atoms with Gasteiger partial charge in [0.1, 0.15) is 5.75 Å². The van der Waals surface area contributed by atoms with Crippen LogP contribution in [-0.2, 0) is 31.8 Å². The number of hydrogen-bond donors (Lipinski definition) is 2. The molecule has 44 heavy (non-hydrogen) atoms. The van der Waals surface area contributed by atoms with Gasteiger partial charge in [0, 0.05) is 37.1 Å². The second-order valence-electron chi connectivity index (χ2n) is 13.4. The van der Waals surface area contributed by atoms with Crippen molar-refractivity contribution in [3.05, 3.63) is 70.3 Å². The summed E-state index contributed by atoms with van der Waals surface area (Å²) in [6, 6.07) is 11.4. The van der Waals surface area contributed by atoms with Crippen molar-refractivity contribution in [2.75, 3.05) is 45.3 Å². The highest BCUT2D eigenvalue weighted by molar-refractivity contribution is 6.30. The molecule has 236 valence electrons. The Bertz CT molecular complexity index is 1460. The van der Waals surface area contributed by atoms with Crippen molar-refractivity contribution in [2.45, 2.75) is 62.6 Å². The third-order valence-corrected chi connectivity index (χ3v) is 10.7. The number of halogens is 1. The SMILES string of the molecule is COC(=O)[C@]1(O)CC(=O)N(C)C[C@@H](C)/C=C\[C@H](O)[C@@H]2CC[C@H]2CN2C[C@@]3(CCCc4cc(Cl)ccc43)COc3ccc1cc32. The lowest BCUT2D eigenvalue weighted by Crippen LogP contribution is -2.49. The fourth-order valence-corrected chi connectivity index (χ4v) is 7.98. The number of esters is 1. The van der Waals surface area contributed by atoms with Crippen LogP contribution in [0, 0.1) is 17.8 Å². The fourth-order valence-electron chi connectivity index (χ4n) is 7.78. The first kappa shape index (κ1) is 30.9. The average Bonchev–Trinajstić information content (AvgIpc) is 3.14. The van der Waals surface area contributed by atoms with Crippen molar-refractivity contribution in [1.82, 2.24) is 4.90 Å². The van der Waals surface area contributed by atoms with Crippen LogP contribution in [0.25, 0.3) is 0 Å². The van der Waals surface area contributed by atoms with Gasteiger partial charge in [-0.25, -0.2) is 4.79 Å². The number of methoxy groups -OCH3 is 1. The van der Waals surface area contributed by atoms with Gasteiger partial charge < -0.3 is 29.5 Å². The maximum Gasteiger partial charge on any atom is 0.343 e. The van der Waals surface area contributed by atoms with Gasteiger partial charge in [0.15, 0.2) is 5.60 Å². The summed E-state index contributed by atoms with van der Waals surface area (Å²) >= 11 is 6.41. The molecular weight excluding hydrogens is 580 g/mol. The van der Waals surface area contributed by atoms with Crippen LogP contribution in [0.2, 0.25) is 5.02 Å². The molecule has 1 spiro atoms. The van der Waals surface area contributed by atoms with Crippen LogP contribution in [0.1, 0.15) is 55.7 Å². The van der Waals surface area contributed by atoms with E-state index in [-0.39, 0.29) is 34.6 Å². The number of hydrogen-bond acceptors (Lipinski definition) is 7. The second kappa shape index (κ2) is 12.0. The van der Waals surface area contributed by atoms with E-state index in [0.29, 0.717) is 32.0 Å². The minimum absolute atomic E-state index is 0.0235. The summed E-state index contributed by atoms with van der Waals surface area (Å²) in [5.74, 6) is -0.267. The first-order valence-electron chi connectivity index (χ1n) is 15.8. The number of benzene rings is 2.